The fourth-order valence-corrected chi connectivity index (χ4v) is 4.25. The molecular formula is C25H38N2O15. The Morgan fingerprint density at radius 2 is 1.50 bits per heavy atom. The number of ether oxygens (including phenoxy) is 7. The van der Waals surface area contributed by atoms with Gasteiger partial charge in [-0.3, -0.25) is 0 Å². The average molecular weight is 607 g/mol. The van der Waals surface area contributed by atoms with Gasteiger partial charge in [-0.1, -0.05) is 30.3 Å². The number of aliphatic hydroxyl groups is 6. The summed E-state index contributed by atoms with van der Waals surface area (Å²) in [6, 6.07) is 9.14. The van der Waals surface area contributed by atoms with Gasteiger partial charge in [-0.15, -0.1) is 0 Å². The van der Waals surface area contributed by atoms with E-state index >= 15 is 0 Å². The topological polar surface area (TPSA) is 258 Å². The van der Waals surface area contributed by atoms with Crippen LogP contribution in [0.1, 0.15) is 5.56 Å². The van der Waals surface area contributed by atoms with Crippen LogP contribution in [-0.2, 0) is 39.8 Å². The van der Waals surface area contributed by atoms with Crippen molar-refractivity contribution in [1.82, 2.24) is 5.32 Å². The molecule has 0 aliphatic carbocycles. The Morgan fingerprint density at radius 3 is 2.17 bits per heavy atom. The second-order valence-corrected chi connectivity index (χ2v) is 9.39. The molecule has 1 aromatic carbocycles. The highest BCUT2D eigenvalue weighted by molar-refractivity contribution is 5.67. The van der Waals surface area contributed by atoms with E-state index in [1.807, 2.05) is 30.3 Å². The van der Waals surface area contributed by atoms with Gasteiger partial charge in [-0.2, -0.15) is 0 Å². The van der Waals surface area contributed by atoms with Crippen LogP contribution in [0.3, 0.4) is 0 Å². The molecule has 2 saturated heterocycles. The van der Waals surface area contributed by atoms with Crippen molar-refractivity contribution in [2.24, 2.45) is 5.73 Å². The van der Waals surface area contributed by atoms with E-state index < -0.39 is 86.8 Å². The smallest absolute Gasteiger partial charge is 0.407 e. The zero-order chi connectivity index (χ0) is 30.6. The lowest BCUT2D eigenvalue weighted by atomic mass is 9.97. The molecule has 17 heteroatoms. The molecule has 10 atom stereocenters. The maximum atomic E-state index is 11.8. The summed E-state index contributed by atoms with van der Waals surface area (Å²) in [4.78, 5) is 23.0. The molecule has 2 amide bonds. The van der Waals surface area contributed by atoms with Crippen molar-refractivity contribution >= 4 is 12.2 Å². The van der Waals surface area contributed by atoms with E-state index in [9.17, 15) is 40.2 Å². The lowest BCUT2D eigenvalue weighted by Crippen LogP contribution is -2.65. The van der Waals surface area contributed by atoms with Crippen LogP contribution in [0.4, 0.5) is 9.59 Å². The predicted octanol–water partition coefficient (Wildman–Crippen LogP) is -3.33. The summed E-state index contributed by atoms with van der Waals surface area (Å²) in [5, 5.41) is 63.5. The minimum atomic E-state index is -1.84. The van der Waals surface area contributed by atoms with Gasteiger partial charge >= 0.3 is 12.2 Å². The number of nitrogens with one attached hydrogen (secondary N) is 1. The molecule has 2 heterocycles. The molecule has 3 rings (SSSR count). The Bertz CT molecular complexity index is 959. The highest BCUT2D eigenvalue weighted by atomic mass is 16.8. The number of hydrogen-bond donors (Lipinski definition) is 8. The average Bonchev–Trinajstić information content (AvgIpc) is 2.98. The largest absolute Gasteiger partial charge is 0.445 e. The van der Waals surface area contributed by atoms with Gasteiger partial charge in [0.05, 0.1) is 33.0 Å². The van der Waals surface area contributed by atoms with Gasteiger partial charge in [0.25, 0.3) is 0 Å². The second kappa shape index (κ2) is 16.8. The Balaban J connectivity index is 1.49. The number of primary amides is 1. The molecule has 0 spiro atoms. The molecule has 0 bridgehead atoms. The minimum absolute atomic E-state index is 0.00831. The van der Waals surface area contributed by atoms with Gasteiger partial charge in [-0.05, 0) is 5.56 Å². The molecule has 2 aliphatic rings. The minimum Gasteiger partial charge on any atom is -0.445 e. The summed E-state index contributed by atoms with van der Waals surface area (Å²) in [7, 11) is 0. The molecule has 42 heavy (non-hydrogen) atoms. The first-order chi connectivity index (χ1) is 20.2. The van der Waals surface area contributed by atoms with Crippen LogP contribution in [0.5, 0.6) is 0 Å². The van der Waals surface area contributed by atoms with Crippen LogP contribution in [0.2, 0.25) is 0 Å². The summed E-state index contributed by atoms with van der Waals surface area (Å²) < 4.78 is 37.3. The Kier molecular flexibility index (Phi) is 13.5. The van der Waals surface area contributed by atoms with Gasteiger partial charge in [-0.25, -0.2) is 9.59 Å². The predicted molar refractivity (Wildman–Crippen MR) is 136 cm³/mol. The first kappa shape index (κ1) is 33.8. The fraction of sp³-hybridized carbons (Fsp3) is 0.680. The fourth-order valence-electron chi connectivity index (χ4n) is 4.25. The van der Waals surface area contributed by atoms with E-state index in [2.05, 4.69) is 5.32 Å². The normalized spacial score (nSPS) is 33.1. The first-order valence-electron chi connectivity index (χ1n) is 13.2. The van der Waals surface area contributed by atoms with Crippen molar-refractivity contribution in [1.29, 1.82) is 0 Å². The third-order valence-electron chi connectivity index (χ3n) is 6.43. The van der Waals surface area contributed by atoms with Crippen molar-refractivity contribution in [3.8, 4) is 0 Å². The monoisotopic (exact) mass is 606 g/mol. The molecule has 17 nitrogen and oxygen atoms in total. The number of amides is 2. The molecule has 9 N–H and O–H groups in total. The number of carbonyl (C=O) groups excluding carboxylic acids is 2. The van der Waals surface area contributed by atoms with E-state index in [-0.39, 0.29) is 33.0 Å². The van der Waals surface area contributed by atoms with Crippen LogP contribution in [0.15, 0.2) is 30.3 Å². The number of aliphatic hydroxyl groups excluding tert-OH is 6. The quantitative estimate of drug-likeness (QED) is 0.0964. The zero-order valence-electron chi connectivity index (χ0n) is 22.5. The molecule has 0 unspecified atom stereocenters. The van der Waals surface area contributed by atoms with Crippen LogP contribution in [0.25, 0.3) is 0 Å². The zero-order valence-corrected chi connectivity index (χ0v) is 22.5. The lowest BCUT2D eigenvalue weighted by Gasteiger charge is -2.46. The molecule has 0 radical (unpaired) electrons. The summed E-state index contributed by atoms with van der Waals surface area (Å²) in [6.45, 7) is -1.23. The number of nitrogens with two attached hydrogens (primary N) is 1. The number of benzene rings is 1. The van der Waals surface area contributed by atoms with Crippen molar-refractivity contribution in [2.75, 3.05) is 39.6 Å². The second-order valence-electron chi connectivity index (χ2n) is 9.39. The van der Waals surface area contributed by atoms with Crippen LogP contribution in [-0.4, -0.2) is 144 Å². The summed E-state index contributed by atoms with van der Waals surface area (Å²) in [5.41, 5.74) is 5.84. The number of carbonyl (C=O) groups is 2. The van der Waals surface area contributed by atoms with E-state index in [1.54, 1.807) is 0 Å². The Morgan fingerprint density at radius 1 is 0.833 bits per heavy atom. The Hall–Kier alpha value is -2.68. The van der Waals surface area contributed by atoms with Crippen molar-refractivity contribution in [3.63, 3.8) is 0 Å². The molecule has 238 valence electrons. The van der Waals surface area contributed by atoms with Gasteiger partial charge < -0.3 is 74.8 Å². The number of hydrogen-bond acceptors (Lipinski definition) is 15. The molecular weight excluding hydrogens is 568 g/mol. The highest BCUT2D eigenvalue weighted by Gasteiger charge is 2.52. The molecule has 2 fully saturated rings. The van der Waals surface area contributed by atoms with Gasteiger partial charge in [0.2, 0.25) is 0 Å². The molecule has 2 aliphatic heterocycles. The van der Waals surface area contributed by atoms with Crippen LogP contribution < -0.4 is 11.1 Å². The van der Waals surface area contributed by atoms with Crippen LogP contribution >= 0.6 is 0 Å². The van der Waals surface area contributed by atoms with E-state index in [0.717, 1.165) is 5.56 Å². The van der Waals surface area contributed by atoms with Crippen molar-refractivity contribution in [2.45, 2.75) is 68.0 Å². The molecule has 1 aromatic rings. The number of rotatable bonds is 14. The summed E-state index contributed by atoms with van der Waals surface area (Å²) in [5.74, 6) is 0. The van der Waals surface area contributed by atoms with Crippen molar-refractivity contribution < 1.29 is 73.4 Å². The lowest BCUT2D eigenvalue weighted by molar-refractivity contribution is -0.367. The van der Waals surface area contributed by atoms with Crippen molar-refractivity contribution in [3.05, 3.63) is 35.9 Å². The van der Waals surface area contributed by atoms with Gasteiger partial charge in [0, 0.05) is 6.54 Å². The molecule has 0 aromatic heterocycles. The molecule has 0 saturated carbocycles. The Labute approximate surface area is 240 Å². The summed E-state index contributed by atoms with van der Waals surface area (Å²) in [6.07, 6.45) is -17.8. The highest BCUT2D eigenvalue weighted by Crippen LogP contribution is 2.30. The number of alkyl carbamates (subject to hydrolysis) is 1. The SMILES string of the molecule is NC(=O)O[C@@H]1[C@H](O)[C@@H](O[C@@H]2[C@H](OCCOCCNC(=O)OCc3ccccc3)O[C@@H](CO)[C@@H](O)[C@H]2O)O[C@H](CO)[C@@H]1O. The first-order valence-corrected chi connectivity index (χ1v) is 13.2. The van der Waals surface area contributed by atoms with E-state index in [1.165, 1.54) is 0 Å². The van der Waals surface area contributed by atoms with Gasteiger partial charge in [0.1, 0.15) is 49.3 Å². The third-order valence-corrected chi connectivity index (χ3v) is 6.43. The van der Waals surface area contributed by atoms with Crippen LogP contribution in [0, 0.1) is 0 Å². The standard InChI is InChI=1S/C25H38N2O15/c26-24(34)42-20-17(31)15(11-29)39-22(19(20)33)41-21-18(32)16(30)14(10-28)40-23(21)37-9-8-36-7-6-27-25(35)38-12-13-4-2-1-3-5-13/h1-5,14-23,28-33H,6-12H2,(H2,26,34)(H,27,35)/t14-,15+,16+,17-,18+,19-,20-,21-,22+,23+/m0/s1. The third kappa shape index (κ3) is 9.41. The van der Waals surface area contributed by atoms with Gasteiger partial charge in [0.15, 0.2) is 18.7 Å². The maximum Gasteiger partial charge on any atom is 0.407 e. The maximum absolute atomic E-state index is 11.8. The van der Waals surface area contributed by atoms with E-state index in [0.29, 0.717) is 0 Å². The van der Waals surface area contributed by atoms with E-state index in [4.69, 9.17) is 38.9 Å². The summed E-state index contributed by atoms with van der Waals surface area (Å²) >= 11 is 0.